The van der Waals surface area contributed by atoms with Gasteiger partial charge in [-0.3, -0.25) is 0 Å². The fraction of sp³-hybridized carbons (Fsp3) is 0.538. The fourth-order valence-electron chi connectivity index (χ4n) is 2.40. The van der Waals surface area contributed by atoms with Crippen molar-refractivity contribution in [2.45, 2.75) is 32.6 Å². The topological polar surface area (TPSA) is 38.5 Å². The molecule has 1 heterocycles. The number of anilines is 1. The van der Waals surface area contributed by atoms with Crippen molar-refractivity contribution in [2.24, 2.45) is 5.73 Å². The molecule has 0 saturated carbocycles. The monoisotopic (exact) mass is 256 g/mol. The van der Waals surface area contributed by atoms with Crippen LogP contribution in [-0.4, -0.2) is 25.3 Å². The van der Waals surface area contributed by atoms with Crippen molar-refractivity contribution in [3.8, 4) is 0 Å². The van der Waals surface area contributed by atoms with Crippen LogP contribution in [0.2, 0.25) is 0 Å². The van der Waals surface area contributed by atoms with Crippen LogP contribution in [0.3, 0.4) is 0 Å². The van der Waals surface area contributed by atoms with E-state index in [0.717, 1.165) is 0 Å². The van der Waals surface area contributed by atoms with Gasteiger partial charge in [-0.05, 0) is 31.5 Å². The van der Waals surface area contributed by atoms with E-state index in [2.05, 4.69) is 0 Å². The number of benzene rings is 1. The molecule has 0 amide bonds. The third-order valence-corrected chi connectivity index (χ3v) is 3.05. The number of hydrogen-bond acceptors (Lipinski definition) is 3. The summed E-state index contributed by atoms with van der Waals surface area (Å²) >= 11 is 0. The highest BCUT2D eigenvalue weighted by Crippen LogP contribution is 2.27. The number of nitrogens with zero attached hydrogens (tertiary/aromatic N) is 1. The Bertz CT molecular complexity index is 406. The molecule has 0 bridgehead atoms. The molecule has 1 aliphatic heterocycles. The summed E-state index contributed by atoms with van der Waals surface area (Å²) in [6, 6.07) is 2.59. The third kappa shape index (κ3) is 2.62. The van der Waals surface area contributed by atoms with Gasteiger partial charge in [0.1, 0.15) is 17.3 Å². The van der Waals surface area contributed by atoms with Gasteiger partial charge in [-0.1, -0.05) is 0 Å². The molecular formula is C13H18F2N2O. The summed E-state index contributed by atoms with van der Waals surface area (Å²) in [7, 11) is 0. The molecule has 1 saturated heterocycles. The summed E-state index contributed by atoms with van der Waals surface area (Å²) in [4.78, 5) is 1.70. The van der Waals surface area contributed by atoms with Crippen LogP contribution in [-0.2, 0) is 11.3 Å². The van der Waals surface area contributed by atoms with Gasteiger partial charge in [-0.2, -0.15) is 0 Å². The van der Waals surface area contributed by atoms with E-state index in [1.165, 1.54) is 12.1 Å². The van der Waals surface area contributed by atoms with Crippen molar-refractivity contribution in [2.75, 3.05) is 18.0 Å². The molecule has 0 spiro atoms. The Morgan fingerprint density at radius 2 is 1.72 bits per heavy atom. The van der Waals surface area contributed by atoms with E-state index in [-0.39, 0.29) is 24.4 Å². The Kier molecular flexibility index (Phi) is 3.82. The predicted molar refractivity (Wildman–Crippen MR) is 66.5 cm³/mol. The van der Waals surface area contributed by atoms with E-state index in [1.807, 2.05) is 13.8 Å². The molecule has 1 aromatic rings. The van der Waals surface area contributed by atoms with Crippen LogP contribution in [0.1, 0.15) is 19.4 Å². The maximum atomic E-state index is 14.0. The van der Waals surface area contributed by atoms with Gasteiger partial charge in [0.15, 0.2) is 0 Å². The first kappa shape index (κ1) is 13.2. The summed E-state index contributed by atoms with van der Waals surface area (Å²) in [6.45, 7) is 4.89. The highest BCUT2D eigenvalue weighted by Gasteiger charge is 2.26. The SMILES string of the molecule is C[C@@H]1CN(c2c(F)cc(CN)cc2F)C[C@H](C)O1. The summed E-state index contributed by atoms with van der Waals surface area (Å²) in [5, 5.41) is 0. The quantitative estimate of drug-likeness (QED) is 0.880. The molecule has 0 aromatic heterocycles. The molecular weight excluding hydrogens is 238 g/mol. The molecule has 0 radical (unpaired) electrons. The van der Waals surface area contributed by atoms with Gasteiger partial charge in [0.2, 0.25) is 0 Å². The van der Waals surface area contributed by atoms with E-state index in [1.54, 1.807) is 4.90 Å². The summed E-state index contributed by atoms with van der Waals surface area (Å²) < 4.78 is 33.5. The average molecular weight is 256 g/mol. The maximum Gasteiger partial charge on any atom is 0.149 e. The second-order valence-corrected chi connectivity index (χ2v) is 4.77. The Morgan fingerprint density at radius 3 is 2.17 bits per heavy atom. The zero-order valence-corrected chi connectivity index (χ0v) is 10.6. The summed E-state index contributed by atoms with van der Waals surface area (Å²) in [5.41, 5.74) is 5.88. The molecule has 1 aromatic carbocycles. The second kappa shape index (κ2) is 5.20. The number of halogens is 2. The van der Waals surface area contributed by atoms with Gasteiger partial charge in [0, 0.05) is 19.6 Å². The van der Waals surface area contributed by atoms with E-state index >= 15 is 0 Å². The zero-order valence-electron chi connectivity index (χ0n) is 10.6. The lowest BCUT2D eigenvalue weighted by molar-refractivity contribution is -0.00558. The van der Waals surface area contributed by atoms with Gasteiger partial charge in [0.25, 0.3) is 0 Å². The van der Waals surface area contributed by atoms with E-state index < -0.39 is 11.6 Å². The Hall–Kier alpha value is -1.20. The average Bonchev–Trinajstić information content (AvgIpc) is 2.26. The molecule has 18 heavy (non-hydrogen) atoms. The van der Waals surface area contributed by atoms with Crippen molar-refractivity contribution < 1.29 is 13.5 Å². The van der Waals surface area contributed by atoms with Crippen molar-refractivity contribution in [3.05, 3.63) is 29.3 Å². The molecule has 5 heteroatoms. The number of nitrogens with two attached hydrogens (primary N) is 1. The zero-order chi connectivity index (χ0) is 13.3. The van der Waals surface area contributed by atoms with Gasteiger partial charge in [-0.15, -0.1) is 0 Å². The third-order valence-electron chi connectivity index (χ3n) is 3.05. The molecule has 3 nitrogen and oxygen atoms in total. The normalized spacial score (nSPS) is 24.4. The van der Waals surface area contributed by atoms with Crippen LogP contribution in [0.4, 0.5) is 14.5 Å². The minimum absolute atomic E-state index is 0.0224. The van der Waals surface area contributed by atoms with Crippen molar-refractivity contribution in [3.63, 3.8) is 0 Å². The summed E-state index contributed by atoms with van der Waals surface area (Å²) in [6.07, 6.45) is -0.0801. The minimum atomic E-state index is -0.559. The standard InChI is InChI=1S/C13H18F2N2O/c1-8-6-17(7-9(2)18-8)13-11(14)3-10(5-16)4-12(13)15/h3-4,8-9H,5-7,16H2,1-2H3/t8-,9+. The van der Waals surface area contributed by atoms with Crippen LogP contribution < -0.4 is 10.6 Å². The lowest BCUT2D eigenvalue weighted by atomic mass is 10.1. The van der Waals surface area contributed by atoms with Gasteiger partial charge in [0.05, 0.1) is 12.2 Å². The largest absolute Gasteiger partial charge is 0.372 e. The molecule has 2 atom stereocenters. The first-order valence-electron chi connectivity index (χ1n) is 6.09. The molecule has 2 N–H and O–H groups in total. The van der Waals surface area contributed by atoms with Gasteiger partial charge in [-0.25, -0.2) is 8.78 Å². The van der Waals surface area contributed by atoms with Gasteiger partial charge >= 0.3 is 0 Å². The highest BCUT2D eigenvalue weighted by atomic mass is 19.1. The first-order valence-corrected chi connectivity index (χ1v) is 6.09. The molecule has 1 aliphatic rings. The molecule has 1 fully saturated rings. The van der Waals surface area contributed by atoms with Crippen LogP contribution >= 0.6 is 0 Å². The Balaban J connectivity index is 2.32. The van der Waals surface area contributed by atoms with Crippen molar-refractivity contribution >= 4 is 5.69 Å². The van der Waals surface area contributed by atoms with Crippen LogP contribution in [0.5, 0.6) is 0 Å². The van der Waals surface area contributed by atoms with Crippen LogP contribution in [0, 0.1) is 11.6 Å². The molecule has 2 rings (SSSR count). The van der Waals surface area contributed by atoms with E-state index in [9.17, 15) is 8.78 Å². The summed E-state index contributed by atoms with van der Waals surface area (Å²) in [5.74, 6) is -1.12. The smallest absolute Gasteiger partial charge is 0.149 e. The lowest BCUT2D eigenvalue weighted by Gasteiger charge is -2.37. The second-order valence-electron chi connectivity index (χ2n) is 4.77. The number of hydrogen-bond donors (Lipinski definition) is 1. The maximum absolute atomic E-state index is 14.0. The van der Waals surface area contributed by atoms with Crippen molar-refractivity contribution in [1.29, 1.82) is 0 Å². The predicted octanol–water partition coefficient (Wildman–Crippen LogP) is 2.04. The minimum Gasteiger partial charge on any atom is -0.372 e. The van der Waals surface area contributed by atoms with Crippen LogP contribution in [0.25, 0.3) is 0 Å². The number of rotatable bonds is 2. The van der Waals surface area contributed by atoms with E-state index in [0.29, 0.717) is 18.7 Å². The number of ether oxygens (including phenoxy) is 1. The molecule has 100 valence electrons. The molecule has 0 unspecified atom stereocenters. The Labute approximate surface area is 106 Å². The lowest BCUT2D eigenvalue weighted by Crippen LogP contribution is -2.46. The molecule has 0 aliphatic carbocycles. The highest BCUT2D eigenvalue weighted by molar-refractivity contribution is 5.51. The first-order chi connectivity index (χ1) is 8.51. The van der Waals surface area contributed by atoms with Crippen LogP contribution in [0.15, 0.2) is 12.1 Å². The van der Waals surface area contributed by atoms with Crippen molar-refractivity contribution in [1.82, 2.24) is 0 Å². The Morgan fingerprint density at radius 1 is 1.22 bits per heavy atom. The fourth-order valence-corrected chi connectivity index (χ4v) is 2.40. The number of morpholine rings is 1. The van der Waals surface area contributed by atoms with Gasteiger partial charge < -0.3 is 15.4 Å². The van der Waals surface area contributed by atoms with E-state index in [4.69, 9.17) is 10.5 Å².